The van der Waals surface area contributed by atoms with Gasteiger partial charge < -0.3 is 10.3 Å². The number of nitrogens with one attached hydrogen (secondary N) is 2. The van der Waals surface area contributed by atoms with E-state index in [0.717, 1.165) is 16.3 Å². The normalized spacial score (nSPS) is 12.0. The fourth-order valence-electron chi connectivity index (χ4n) is 1.89. The molecule has 2 N–H and O–H groups in total. The van der Waals surface area contributed by atoms with E-state index in [1.54, 1.807) is 19.3 Å². The number of imide groups is 1. The van der Waals surface area contributed by atoms with E-state index in [9.17, 15) is 14.4 Å². The van der Waals surface area contributed by atoms with Crippen LogP contribution in [0.4, 0.5) is 0 Å². The summed E-state index contributed by atoms with van der Waals surface area (Å²) in [5, 5.41) is 2.63. The van der Waals surface area contributed by atoms with Crippen molar-refractivity contribution < 1.29 is 14.4 Å². The maximum absolute atomic E-state index is 11.8. The molecule has 0 spiro atoms. The van der Waals surface area contributed by atoms with E-state index in [0.29, 0.717) is 12.1 Å². The van der Waals surface area contributed by atoms with Gasteiger partial charge >= 0.3 is 0 Å². The molecule has 1 aromatic rings. The first-order chi connectivity index (χ1) is 10.1. The molecule has 1 rings (SSSR count). The summed E-state index contributed by atoms with van der Waals surface area (Å²) in [4.78, 5) is 41.7. The standard InChI is InChI=1S/C15H22N4O3/c1-10(18-13(22)7-19(9-20)11(2)21)6-12-14(15(3,4)5)17-8-16-12/h6,8-9H,7H2,1-5H3,(H,16,17)(H,18,22)/b10-6-. The zero-order valence-electron chi connectivity index (χ0n) is 13.6. The van der Waals surface area contributed by atoms with Crippen molar-refractivity contribution >= 4 is 24.3 Å². The molecule has 0 fully saturated rings. The highest BCUT2D eigenvalue weighted by Gasteiger charge is 2.19. The number of aromatic nitrogens is 2. The van der Waals surface area contributed by atoms with Crippen molar-refractivity contribution in [2.45, 2.75) is 40.0 Å². The maximum atomic E-state index is 11.8. The van der Waals surface area contributed by atoms with E-state index in [-0.39, 0.29) is 12.0 Å². The highest BCUT2D eigenvalue weighted by atomic mass is 16.2. The minimum absolute atomic E-state index is 0.102. The Morgan fingerprint density at radius 3 is 2.50 bits per heavy atom. The number of carbonyl (C=O) groups excluding carboxylic acids is 3. The van der Waals surface area contributed by atoms with E-state index in [1.165, 1.54) is 6.92 Å². The molecule has 120 valence electrons. The summed E-state index contributed by atoms with van der Waals surface area (Å²) >= 11 is 0. The van der Waals surface area contributed by atoms with E-state index in [1.807, 2.05) is 0 Å². The van der Waals surface area contributed by atoms with Crippen molar-refractivity contribution in [1.29, 1.82) is 0 Å². The van der Waals surface area contributed by atoms with E-state index < -0.39 is 11.8 Å². The Morgan fingerprint density at radius 1 is 1.36 bits per heavy atom. The van der Waals surface area contributed by atoms with Crippen molar-refractivity contribution in [3.05, 3.63) is 23.4 Å². The number of hydrogen-bond acceptors (Lipinski definition) is 4. The lowest BCUT2D eigenvalue weighted by Gasteiger charge is -2.17. The van der Waals surface area contributed by atoms with Gasteiger partial charge in [-0.25, -0.2) is 4.98 Å². The van der Waals surface area contributed by atoms with Crippen LogP contribution >= 0.6 is 0 Å². The van der Waals surface area contributed by atoms with Crippen LogP contribution in [0.1, 0.15) is 46.0 Å². The van der Waals surface area contributed by atoms with Gasteiger partial charge in [-0.3, -0.25) is 19.3 Å². The summed E-state index contributed by atoms with van der Waals surface area (Å²) in [6.45, 7) is 8.81. The number of rotatable bonds is 5. The fraction of sp³-hybridized carbons (Fsp3) is 0.467. The topological polar surface area (TPSA) is 95.2 Å². The van der Waals surface area contributed by atoms with Crippen LogP contribution in [-0.4, -0.2) is 39.6 Å². The third kappa shape index (κ3) is 4.83. The predicted octanol–water partition coefficient (Wildman–Crippen LogP) is 1.19. The molecule has 0 unspecified atom stereocenters. The average Bonchev–Trinajstić information content (AvgIpc) is 2.83. The zero-order valence-corrected chi connectivity index (χ0v) is 13.6. The monoisotopic (exact) mass is 306 g/mol. The average molecular weight is 306 g/mol. The SMILES string of the molecule is CC(=O)N(C=O)CC(=O)N/C(C)=C\c1nc[nH]c1C(C)(C)C. The number of aromatic amines is 1. The van der Waals surface area contributed by atoms with Crippen LogP contribution in [0.25, 0.3) is 6.08 Å². The molecule has 0 radical (unpaired) electrons. The van der Waals surface area contributed by atoms with Gasteiger partial charge in [0.15, 0.2) is 0 Å². The third-order valence-electron chi connectivity index (χ3n) is 2.95. The smallest absolute Gasteiger partial charge is 0.244 e. The Bertz CT molecular complexity index is 596. The van der Waals surface area contributed by atoms with Gasteiger partial charge in [-0.15, -0.1) is 0 Å². The molecule has 0 bridgehead atoms. The number of carbonyl (C=O) groups is 3. The van der Waals surface area contributed by atoms with Crippen LogP contribution in [0.2, 0.25) is 0 Å². The van der Waals surface area contributed by atoms with E-state index in [2.05, 4.69) is 36.1 Å². The van der Waals surface area contributed by atoms with Gasteiger partial charge in [0.05, 0.1) is 12.0 Å². The van der Waals surface area contributed by atoms with E-state index in [4.69, 9.17) is 0 Å². The molecule has 0 saturated carbocycles. The van der Waals surface area contributed by atoms with Crippen LogP contribution in [0.3, 0.4) is 0 Å². The van der Waals surface area contributed by atoms with Crippen molar-refractivity contribution in [3.63, 3.8) is 0 Å². The Hall–Kier alpha value is -2.44. The maximum Gasteiger partial charge on any atom is 0.244 e. The largest absolute Gasteiger partial charge is 0.348 e. The number of amides is 3. The van der Waals surface area contributed by atoms with Gasteiger partial charge in [-0.05, 0) is 13.0 Å². The Morgan fingerprint density at radius 2 is 2.00 bits per heavy atom. The minimum atomic E-state index is -0.478. The predicted molar refractivity (Wildman–Crippen MR) is 82.5 cm³/mol. The van der Waals surface area contributed by atoms with E-state index >= 15 is 0 Å². The van der Waals surface area contributed by atoms with Crippen LogP contribution < -0.4 is 5.32 Å². The van der Waals surface area contributed by atoms with Gasteiger partial charge in [0.2, 0.25) is 18.2 Å². The molecule has 22 heavy (non-hydrogen) atoms. The molecule has 0 saturated heterocycles. The summed E-state index contributed by atoms with van der Waals surface area (Å²) in [6, 6.07) is 0. The van der Waals surface area contributed by atoms with Gasteiger partial charge in [0.25, 0.3) is 0 Å². The molecule has 0 atom stereocenters. The first kappa shape index (κ1) is 17.6. The first-order valence-corrected chi connectivity index (χ1v) is 6.89. The molecule has 1 heterocycles. The van der Waals surface area contributed by atoms with Gasteiger partial charge in [-0.2, -0.15) is 0 Å². The van der Waals surface area contributed by atoms with Gasteiger partial charge in [0.1, 0.15) is 6.54 Å². The van der Waals surface area contributed by atoms with Crippen LogP contribution in [0.15, 0.2) is 12.0 Å². The van der Waals surface area contributed by atoms with Crippen molar-refractivity contribution in [2.75, 3.05) is 6.54 Å². The summed E-state index contributed by atoms with van der Waals surface area (Å²) in [7, 11) is 0. The zero-order chi connectivity index (χ0) is 16.9. The lowest BCUT2D eigenvalue weighted by Crippen LogP contribution is -2.38. The lowest BCUT2D eigenvalue weighted by atomic mass is 9.90. The summed E-state index contributed by atoms with van der Waals surface area (Å²) in [5.74, 6) is -0.919. The summed E-state index contributed by atoms with van der Waals surface area (Å²) in [5.41, 5.74) is 2.18. The number of allylic oxidation sites excluding steroid dienone is 1. The first-order valence-electron chi connectivity index (χ1n) is 6.89. The molecule has 3 amide bonds. The second kappa shape index (κ2) is 7.02. The highest BCUT2D eigenvalue weighted by molar-refractivity contribution is 5.91. The van der Waals surface area contributed by atoms with Gasteiger partial charge in [-0.1, -0.05) is 20.8 Å². The Kier molecular flexibility index (Phi) is 5.62. The quantitative estimate of drug-likeness (QED) is 0.799. The second-order valence-corrected chi connectivity index (χ2v) is 6.04. The van der Waals surface area contributed by atoms with Crippen LogP contribution in [0.5, 0.6) is 0 Å². The molecule has 7 nitrogen and oxygen atoms in total. The van der Waals surface area contributed by atoms with Crippen molar-refractivity contribution in [3.8, 4) is 0 Å². The molecule has 0 aliphatic heterocycles. The summed E-state index contributed by atoms with van der Waals surface area (Å²) < 4.78 is 0. The summed E-state index contributed by atoms with van der Waals surface area (Å²) in [6.07, 6.45) is 3.69. The molecular formula is C15H22N4O3. The van der Waals surface area contributed by atoms with Crippen LogP contribution in [-0.2, 0) is 19.8 Å². The molecule has 0 aromatic carbocycles. The third-order valence-corrected chi connectivity index (χ3v) is 2.95. The van der Waals surface area contributed by atoms with Crippen molar-refractivity contribution in [1.82, 2.24) is 20.2 Å². The number of hydrogen-bond donors (Lipinski definition) is 2. The molecule has 0 aliphatic rings. The Labute approximate surface area is 129 Å². The van der Waals surface area contributed by atoms with Crippen molar-refractivity contribution in [2.24, 2.45) is 0 Å². The minimum Gasteiger partial charge on any atom is -0.348 e. The van der Waals surface area contributed by atoms with Crippen LogP contribution in [0, 0.1) is 0 Å². The molecule has 1 aromatic heterocycles. The lowest BCUT2D eigenvalue weighted by molar-refractivity contribution is -0.140. The molecular weight excluding hydrogens is 284 g/mol. The number of imidazole rings is 1. The second-order valence-electron chi connectivity index (χ2n) is 6.04. The molecule has 0 aliphatic carbocycles. The number of H-pyrrole nitrogens is 1. The Balaban J connectivity index is 2.79. The fourth-order valence-corrected chi connectivity index (χ4v) is 1.89. The van der Waals surface area contributed by atoms with Gasteiger partial charge in [0, 0.05) is 23.7 Å². The molecule has 7 heteroatoms. The highest BCUT2D eigenvalue weighted by Crippen LogP contribution is 2.23. The number of nitrogens with zero attached hydrogens (tertiary/aromatic N) is 2.